The van der Waals surface area contributed by atoms with E-state index in [1.165, 1.54) is 18.2 Å². The Morgan fingerprint density at radius 1 is 0.722 bits per heavy atom. The van der Waals surface area contributed by atoms with E-state index in [9.17, 15) is 28.8 Å². The van der Waals surface area contributed by atoms with E-state index < -0.39 is 66.8 Å². The molecule has 36 heavy (non-hydrogen) atoms. The standard InChI is InChI=1S/C11H16N2O9.C9H11NO4/c14-7(15)3-1-5(9(18)19)12-11(22)13-6(10(20)21)2-4-8(16)17;10-6(9(13)14)3-5-1-2-7(11)8(12)4-5/h5-6H,1-4H2,(H,14,15)(H,16,17)(H,18,19)(H,20,21)(H2,12,13,22);1-2,4,6,11-12H,3,10H2,(H,13,14)/t;6-/m.0/s1. The molecule has 0 spiro atoms. The molecule has 0 aliphatic rings. The van der Waals surface area contributed by atoms with Crippen molar-refractivity contribution in [1.29, 1.82) is 0 Å². The SMILES string of the molecule is N[C@@H](Cc1ccc(O)c(O)c1)C(=O)O.O=C(O)CCC(NC(=O)NC(CCC(=O)O)C(=O)O)C(=O)O. The van der Waals surface area contributed by atoms with Gasteiger partial charge in [-0.15, -0.1) is 0 Å². The molecular weight excluding hydrogens is 490 g/mol. The predicted molar refractivity (Wildman–Crippen MR) is 117 cm³/mol. The normalized spacial score (nSPS) is 12.6. The monoisotopic (exact) mass is 517 g/mol. The largest absolute Gasteiger partial charge is 0.504 e. The first-order chi connectivity index (χ1) is 16.6. The number of phenolic OH excluding ortho intramolecular Hbond substituents is 2. The van der Waals surface area contributed by atoms with Gasteiger partial charge in [-0.3, -0.25) is 14.4 Å². The van der Waals surface area contributed by atoms with E-state index in [0.717, 1.165) is 0 Å². The number of carbonyl (C=O) groups is 6. The molecule has 1 aromatic rings. The molecule has 0 aliphatic carbocycles. The van der Waals surface area contributed by atoms with Crippen LogP contribution in [0.1, 0.15) is 31.2 Å². The van der Waals surface area contributed by atoms with E-state index in [1.807, 2.05) is 10.6 Å². The number of amides is 2. The van der Waals surface area contributed by atoms with Crippen LogP contribution >= 0.6 is 0 Å². The Balaban J connectivity index is 0.000000748. The quantitative estimate of drug-likeness (QED) is 0.140. The molecule has 200 valence electrons. The van der Waals surface area contributed by atoms with Crippen LogP contribution in [0.4, 0.5) is 4.79 Å². The highest BCUT2D eigenvalue weighted by molar-refractivity contribution is 5.86. The van der Waals surface area contributed by atoms with Crippen LogP contribution in [0.25, 0.3) is 0 Å². The van der Waals surface area contributed by atoms with Gasteiger partial charge in [0.15, 0.2) is 11.5 Å². The van der Waals surface area contributed by atoms with Crippen molar-refractivity contribution in [3.63, 3.8) is 0 Å². The van der Waals surface area contributed by atoms with E-state index in [1.54, 1.807) is 0 Å². The molecule has 0 aliphatic heterocycles. The maximum absolute atomic E-state index is 11.5. The fourth-order valence-corrected chi connectivity index (χ4v) is 2.45. The minimum Gasteiger partial charge on any atom is -0.504 e. The Morgan fingerprint density at radius 2 is 1.17 bits per heavy atom. The van der Waals surface area contributed by atoms with Gasteiger partial charge in [0.2, 0.25) is 0 Å². The van der Waals surface area contributed by atoms with Crippen molar-refractivity contribution in [2.45, 2.75) is 50.2 Å². The second kappa shape index (κ2) is 15.3. The Kier molecular flexibility index (Phi) is 13.4. The highest BCUT2D eigenvalue weighted by atomic mass is 16.4. The lowest BCUT2D eigenvalue weighted by Crippen LogP contribution is -2.51. The lowest BCUT2D eigenvalue weighted by molar-refractivity contribution is -0.141. The van der Waals surface area contributed by atoms with E-state index in [-0.39, 0.29) is 30.8 Å². The lowest BCUT2D eigenvalue weighted by atomic mass is 10.1. The van der Waals surface area contributed by atoms with Crippen molar-refractivity contribution >= 4 is 35.9 Å². The van der Waals surface area contributed by atoms with Gasteiger partial charge >= 0.3 is 35.9 Å². The molecule has 0 saturated carbocycles. The highest BCUT2D eigenvalue weighted by Crippen LogP contribution is 2.25. The summed E-state index contributed by atoms with van der Waals surface area (Å²) in [4.78, 5) is 64.4. The first-order valence-electron chi connectivity index (χ1n) is 10.1. The summed E-state index contributed by atoms with van der Waals surface area (Å²) in [5.41, 5.74) is 5.86. The van der Waals surface area contributed by atoms with Gasteiger partial charge < -0.3 is 52.1 Å². The zero-order chi connectivity index (χ0) is 28.0. The summed E-state index contributed by atoms with van der Waals surface area (Å²) in [7, 11) is 0. The summed E-state index contributed by atoms with van der Waals surface area (Å²) in [6.07, 6.45) is -1.66. The summed E-state index contributed by atoms with van der Waals surface area (Å²) >= 11 is 0. The van der Waals surface area contributed by atoms with Crippen LogP contribution in [-0.4, -0.2) is 89.7 Å². The second-order valence-electron chi connectivity index (χ2n) is 7.24. The number of urea groups is 1. The van der Waals surface area contributed by atoms with Crippen molar-refractivity contribution in [1.82, 2.24) is 10.6 Å². The Bertz CT molecular complexity index is 926. The summed E-state index contributed by atoms with van der Waals surface area (Å²) in [5, 5.41) is 65.1. The van der Waals surface area contributed by atoms with Gasteiger partial charge in [0.1, 0.15) is 18.1 Å². The number of benzene rings is 1. The number of aromatic hydroxyl groups is 2. The van der Waals surface area contributed by atoms with Gasteiger partial charge in [0.05, 0.1) is 0 Å². The Hall–Kier alpha value is -4.60. The predicted octanol–water partition coefficient (Wildman–Crippen LogP) is -1.03. The third kappa shape index (κ3) is 13.2. The van der Waals surface area contributed by atoms with Crippen molar-refractivity contribution in [2.24, 2.45) is 5.73 Å². The van der Waals surface area contributed by atoms with Gasteiger partial charge in [-0.25, -0.2) is 14.4 Å². The average molecular weight is 517 g/mol. The average Bonchev–Trinajstić information content (AvgIpc) is 2.76. The van der Waals surface area contributed by atoms with Crippen LogP contribution in [0, 0.1) is 0 Å². The van der Waals surface area contributed by atoms with Gasteiger partial charge in [-0.1, -0.05) is 6.07 Å². The summed E-state index contributed by atoms with van der Waals surface area (Å²) in [6.45, 7) is 0. The highest BCUT2D eigenvalue weighted by Gasteiger charge is 2.25. The molecule has 16 nitrogen and oxygen atoms in total. The fourth-order valence-electron chi connectivity index (χ4n) is 2.45. The molecule has 0 heterocycles. The van der Waals surface area contributed by atoms with Crippen LogP contribution < -0.4 is 16.4 Å². The zero-order valence-corrected chi connectivity index (χ0v) is 18.7. The first kappa shape index (κ1) is 31.4. The molecule has 0 aromatic heterocycles. The minimum absolute atomic E-state index is 0.114. The van der Waals surface area contributed by atoms with E-state index in [0.29, 0.717) is 5.56 Å². The second-order valence-corrected chi connectivity index (χ2v) is 7.24. The molecule has 0 radical (unpaired) electrons. The van der Waals surface area contributed by atoms with Crippen LogP contribution in [-0.2, 0) is 30.4 Å². The molecule has 16 heteroatoms. The van der Waals surface area contributed by atoms with Crippen LogP contribution in [0.15, 0.2) is 18.2 Å². The molecule has 1 rings (SSSR count). The van der Waals surface area contributed by atoms with Crippen LogP contribution in [0.5, 0.6) is 11.5 Å². The van der Waals surface area contributed by atoms with Gasteiger partial charge in [0, 0.05) is 12.8 Å². The van der Waals surface area contributed by atoms with Gasteiger partial charge in [-0.05, 0) is 37.0 Å². The number of carboxylic acid groups (broad SMARTS) is 5. The molecule has 0 bridgehead atoms. The van der Waals surface area contributed by atoms with Crippen molar-refractivity contribution in [3.8, 4) is 11.5 Å². The smallest absolute Gasteiger partial charge is 0.326 e. The number of nitrogens with two attached hydrogens (primary N) is 1. The number of hydrogen-bond donors (Lipinski definition) is 10. The molecular formula is C20H27N3O13. The van der Waals surface area contributed by atoms with Crippen LogP contribution in [0.3, 0.4) is 0 Å². The molecule has 2 amide bonds. The maximum atomic E-state index is 11.5. The summed E-state index contributed by atoms with van der Waals surface area (Å²) < 4.78 is 0. The number of carboxylic acids is 5. The van der Waals surface area contributed by atoms with Crippen LogP contribution in [0.2, 0.25) is 0 Å². The van der Waals surface area contributed by atoms with E-state index in [2.05, 4.69) is 0 Å². The summed E-state index contributed by atoms with van der Waals surface area (Å²) in [6, 6.07) is -1.07. The molecule has 3 atom stereocenters. The number of carbonyl (C=O) groups excluding carboxylic acids is 1. The van der Waals surface area contributed by atoms with Crippen molar-refractivity contribution in [2.75, 3.05) is 0 Å². The fraction of sp³-hybridized carbons (Fsp3) is 0.400. The minimum atomic E-state index is -1.51. The third-order valence-corrected chi connectivity index (χ3v) is 4.31. The topological polar surface area (TPSA) is 294 Å². The van der Waals surface area contributed by atoms with Gasteiger partial charge in [0.25, 0.3) is 0 Å². The van der Waals surface area contributed by atoms with Gasteiger partial charge in [-0.2, -0.15) is 0 Å². The summed E-state index contributed by atoms with van der Waals surface area (Å²) in [5.74, 6) is -7.07. The lowest BCUT2D eigenvalue weighted by Gasteiger charge is -2.17. The first-order valence-corrected chi connectivity index (χ1v) is 10.1. The van der Waals surface area contributed by atoms with Crippen molar-refractivity contribution in [3.05, 3.63) is 23.8 Å². The number of hydrogen-bond acceptors (Lipinski definition) is 9. The maximum Gasteiger partial charge on any atom is 0.326 e. The number of nitrogens with one attached hydrogen (secondary N) is 2. The number of rotatable bonds is 13. The van der Waals surface area contributed by atoms with E-state index >= 15 is 0 Å². The Labute approximate surface area is 203 Å². The van der Waals surface area contributed by atoms with E-state index in [4.69, 9.17) is 41.5 Å². The third-order valence-electron chi connectivity index (χ3n) is 4.31. The molecule has 11 N–H and O–H groups in total. The molecule has 0 saturated heterocycles. The Morgan fingerprint density at radius 3 is 1.50 bits per heavy atom. The molecule has 1 aromatic carbocycles. The zero-order valence-electron chi connectivity index (χ0n) is 18.7. The molecule has 0 fully saturated rings. The number of phenols is 2. The number of aliphatic carboxylic acids is 5. The van der Waals surface area contributed by atoms with Crippen molar-refractivity contribution < 1.29 is 64.5 Å². The molecule has 2 unspecified atom stereocenters.